The summed E-state index contributed by atoms with van der Waals surface area (Å²) in [4.78, 5) is 40.1. The lowest BCUT2D eigenvalue weighted by Gasteiger charge is -2.46. The molecule has 5 atom stereocenters. The highest BCUT2D eigenvalue weighted by Gasteiger charge is 2.64. The predicted octanol–water partition coefficient (Wildman–Crippen LogP) is 7.30. The molecular weight excluding hydrogens is 464 g/mol. The summed E-state index contributed by atoms with van der Waals surface area (Å²) in [7, 11) is 0. The number of esters is 2. The molecule has 0 aliphatic heterocycles. The van der Waals surface area contributed by atoms with Crippen molar-refractivity contribution in [1.82, 2.24) is 0 Å². The number of hydrogen-bond acceptors (Lipinski definition) is 5. The molecule has 0 aromatic heterocycles. The second-order valence-corrected chi connectivity index (χ2v) is 12.9. The molecule has 206 valence electrons. The standard InChI is InChI=1S/C32H48O5/c1-10-11-12-13-27(33)37-31(9)18-22(5)32-17-21(4)14-25(32)15-24(16-26(28(32)34)30(31,7)8)19-36-29(35)23(6)20(2)3/h16-17,22,25-26H,10-15,18-19H2,1-9H3/t22-,25?,26?,31-,32?/m1/s1. The Morgan fingerprint density at radius 3 is 2.38 bits per heavy atom. The van der Waals surface area contributed by atoms with Crippen molar-refractivity contribution in [2.24, 2.45) is 28.6 Å². The van der Waals surface area contributed by atoms with Gasteiger partial charge in [-0.25, -0.2) is 4.79 Å². The van der Waals surface area contributed by atoms with Gasteiger partial charge in [-0.3, -0.25) is 9.59 Å². The van der Waals surface area contributed by atoms with Crippen molar-refractivity contribution in [2.75, 3.05) is 6.61 Å². The van der Waals surface area contributed by atoms with E-state index in [4.69, 9.17) is 9.47 Å². The maximum absolute atomic E-state index is 14.5. The molecule has 0 aromatic rings. The van der Waals surface area contributed by atoms with E-state index in [0.29, 0.717) is 18.4 Å². The lowest BCUT2D eigenvalue weighted by atomic mass is 9.63. The lowest BCUT2D eigenvalue weighted by Crippen LogP contribution is -2.50. The van der Waals surface area contributed by atoms with E-state index >= 15 is 0 Å². The largest absolute Gasteiger partial charge is 0.459 e. The van der Waals surface area contributed by atoms with Crippen LogP contribution in [0.5, 0.6) is 0 Å². The third-order valence-electron chi connectivity index (χ3n) is 9.77. The molecule has 37 heavy (non-hydrogen) atoms. The molecule has 1 saturated carbocycles. The van der Waals surface area contributed by atoms with E-state index in [1.807, 2.05) is 20.8 Å². The van der Waals surface area contributed by atoms with Crippen LogP contribution in [-0.2, 0) is 23.9 Å². The van der Waals surface area contributed by atoms with Gasteiger partial charge in [0.25, 0.3) is 0 Å². The van der Waals surface area contributed by atoms with Gasteiger partial charge >= 0.3 is 11.9 Å². The van der Waals surface area contributed by atoms with Crippen LogP contribution in [0.3, 0.4) is 0 Å². The summed E-state index contributed by atoms with van der Waals surface area (Å²) < 4.78 is 12.1. The number of unbranched alkanes of at least 4 members (excludes halogenated alkanes) is 2. The quantitative estimate of drug-likeness (QED) is 0.148. The molecule has 3 rings (SSSR count). The number of Topliss-reactive ketones (excluding diaryl/α,β-unsaturated/α-hetero) is 1. The Labute approximate surface area is 224 Å². The summed E-state index contributed by atoms with van der Waals surface area (Å²) in [6.45, 7) is 18.3. The molecule has 1 fully saturated rings. The fraction of sp³-hybridized carbons (Fsp3) is 0.719. The van der Waals surface area contributed by atoms with Gasteiger partial charge in [-0.05, 0) is 77.7 Å². The molecule has 3 unspecified atom stereocenters. The van der Waals surface area contributed by atoms with Crippen LogP contribution in [0.15, 0.2) is 34.4 Å². The van der Waals surface area contributed by atoms with Crippen molar-refractivity contribution in [3.8, 4) is 0 Å². The fourth-order valence-corrected chi connectivity index (χ4v) is 6.86. The highest BCUT2D eigenvalue weighted by atomic mass is 16.6. The predicted molar refractivity (Wildman–Crippen MR) is 147 cm³/mol. The number of carbonyl (C=O) groups is 3. The molecule has 1 spiro atoms. The molecule has 0 heterocycles. The highest BCUT2D eigenvalue weighted by molar-refractivity contribution is 5.93. The average Bonchev–Trinajstić information content (AvgIpc) is 3.08. The third-order valence-corrected chi connectivity index (χ3v) is 9.77. The smallest absolute Gasteiger partial charge is 0.333 e. The van der Waals surface area contributed by atoms with Gasteiger partial charge in [-0.2, -0.15) is 0 Å². The first-order valence-corrected chi connectivity index (χ1v) is 14.1. The van der Waals surface area contributed by atoms with E-state index in [9.17, 15) is 14.4 Å². The van der Waals surface area contributed by atoms with Crippen LogP contribution in [0.25, 0.3) is 0 Å². The van der Waals surface area contributed by atoms with Gasteiger partial charge in [0.1, 0.15) is 12.2 Å². The van der Waals surface area contributed by atoms with Gasteiger partial charge in [-0.15, -0.1) is 0 Å². The maximum Gasteiger partial charge on any atom is 0.333 e. The van der Waals surface area contributed by atoms with Gasteiger partial charge < -0.3 is 9.47 Å². The molecule has 5 heteroatoms. The monoisotopic (exact) mass is 512 g/mol. The zero-order valence-corrected chi connectivity index (χ0v) is 24.6. The van der Waals surface area contributed by atoms with Crippen molar-refractivity contribution in [3.63, 3.8) is 0 Å². The van der Waals surface area contributed by atoms with Crippen molar-refractivity contribution < 1.29 is 23.9 Å². The Kier molecular flexibility index (Phi) is 8.66. The lowest BCUT2D eigenvalue weighted by molar-refractivity contribution is -0.178. The first kappa shape index (κ1) is 29.4. The summed E-state index contributed by atoms with van der Waals surface area (Å²) in [5.74, 6) is -0.585. The van der Waals surface area contributed by atoms with E-state index in [2.05, 4.69) is 46.8 Å². The molecule has 0 amide bonds. The second kappa shape index (κ2) is 10.9. The highest BCUT2D eigenvalue weighted by Crippen LogP contribution is 2.62. The van der Waals surface area contributed by atoms with Crippen LogP contribution in [0.2, 0.25) is 0 Å². The first-order chi connectivity index (χ1) is 17.2. The van der Waals surface area contributed by atoms with Crippen molar-refractivity contribution in [3.05, 3.63) is 34.4 Å². The molecule has 0 aromatic carbocycles. The van der Waals surface area contributed by atoms with Gasteiger partial charge in [0.2, 0.25) is 0 Å². The van der Waals surface area contributed by atoms with E-state index in [1.54, 1.807) is 6.92 Å². The molecule has 0 N–H and O–H groups in total. The summed E-state index contributed by atoms with van der Waals surface area (Å²) in [5.41, 5.74) is 1.74. The van der Waals surface area contributed by atoms with Crippen LogP contribution in [0.1, 0.15) is 107 Å². The molecule has 2 bridgehead atoms. The minimum Gasteiger partial charge on any atom is -0.459 e. The molecular formula is C32H48O5. The molecule has 0 radical (unpaired) electrons. The summed E-state index contributed by atoms with van der Waals surface area (Å²) >= 11 is 0. The maximum atomic E-state index is 14.5. The van der Waals surface area contributed by atoms with Gasteiger partial charge in [-0.1, -0.05) is 63.8 Å². The molecule has 0 saturated heterocycles. The minimum atomic E-state index is -0.803. The zero-order valence-electron chi connectivity index (χ0n) is 24.6. The molecule has 3 aliphatic carbocycles. The second-order valence-electron chi connectivity index (χ2n) is 12.9. The topological polar surface area (TPSA) is 69.7 Å². The molecule has 5 nitrogen and oxygen atoms in total. The fourth-order valence-electron chi connectivity index (χ4n) is 6.86. The molecule has 3 aliphatic rings. The summed E-state index contributed by atoms with van der Waals surface area (Å²) in [6, 6.07) is 0. The van der Waals surface area contributed by atoms with Gasteiger partial charge in [0, 0.05) is 23.3 Å². The Morgan fingerprint density at radius 1 is 1.08 bits per heavy atom. The Bertz CT molecular complexity index is 1020. The van der Waals surface area contributed by atoms with Gasteiger partial charge in [0.05, 0.1) is 5.41 Å². The Morgan fingerprint density at radius 2 is 1.76 bits per heavy atom. The third kappa shape index (κ3) is 5.38. The van der Waals surface area contributed by atoms with E-state index in [-0.39, 0.29) is 36.2 Å². The van der Waals surface area contributed by atoms with Crippen LogP contribution >= 0.6 is 0 Å². The Hall–Kier alpha value is -2.17. The van der Waals surface area contributed by atoms with Crippen molar-refractivity contribution in [2.45, 2.75) is 113 Å². The van der Waals surface area contributed by atoms with E-state index < -0.39 is 22.3 Å². The van der Waals surface area contributed by atoms with E-state index in [0.717, 1.165) is 43.3 Å². The van der Waals surface area contributed by atoms with Crippen molar-refractivity contribution in [1.29, 1.82) is 0 Å². The van der Waals surface area contributed by atoms with Crippen molar-refractivity contribution >= 4 is 17.7 Å². The van der Waals surface area contributed by atoms with Crippen LogP contribution in [0, 0.1) is 28.6 Å². The van der Waals surface area contributed by atoms with Crippen LogP contribution in [0.4, 0.5) is 0 Å². The number of carbonyl (C=O) groups excluding carboxylic acids is 3. The Balaban J connectivity index is 2.03. The number of rotatable bonds is 8. The number of ether oxygens (including phenoxy) is 2. The summed E-state index contributed by atoms with van der Waals surface area (Å²) in [6.07, 6.45) is 9.76. The average molecular weight is 513 g/mol. The SMILES string of the molecule is CCCCCC(=O)O[C@]1(C)C[C@@H](C)C23C=C(C)CC2CC(COC(=O)C(C)=C(C)C)=CC(C3=O)C1(C)C. The van der Waals surface area contributed by atoms with Crippen LogP contribution < -0.4 is 0 Å². The zero-order chi connectivity index (χ0) is 27.8. The number of ketones is 1. The first-order valence-electron chi connectivity index (χ1n) is 14.1. The number of fused-ring (bicyclic) bond motifs is 1. The van der Waals surface area contributed by atoms with E-state index in [1.165, 1.54) is 5.57 Å². The normalized spacial score (nSPS) is 32.4. The van der Waals surface area contributed by atoms with Gasteiger partial charge in [0.15, 0.2) is 5.78 Å². The van der Waals surface area contributed by atoms with Crippen LogP contribution in [-0.4, -0.2) is 29.9 Å². The number of hydrogen-bond donors (Lipinski definition) is 0. The minimum absolute atomic E-state index is 0.0170. The summed E-state index contributed by atoms with van der Waals surface area (Å²) in [5, 5.41) is 0. The number of allylic oxidation sites excluding steroid dienone is 4.